The molecule has 0 radical (unpaired) electrons. The Kier molecular flexibility index (Phi) is 7.89. The summed E-state index contributed by atoms with van der Waals surface area (Å²) in [6, 6.07) is 81.9. The summed E-state index contributed by atoms with van der Waals surface area (Å²) in [5.74, 6) is 0. The van der Waals surface area contributed by atoms with Gasteiger partial charge in [0.25, 0.3) is 0 Å². The van der Waals surface area contributed by atoms with Crippen LogP contribution < -0.4 is 4.90 Å². The second-order valence-corrected chi connectivity index (χ2v) is 14.9. The van der Waals surface area contributed by atoms with E-state index >= 15 is 0 Å². The molecule has 0 atom stereocenters. The summed E-state index contributed by atoms with van der Waals surface area (Å²) >= 11 is 0. The number of hydrogen-bond acceptors (Lipinski definition) is 1. The fourth-order valence-corrected chi connectivity index (χ4v) is 8.92. The summed E-state index contributed by atoms with van der Waals surface area (Å²) in [5, 5.41) is 12.7. The van der Waals surface area contributed by atoms with Crippen molar-refractivity contribution in [3.05, 3.63) is 224 Å². The second kappa shape index (κ2) is 13.7. The molecule has 1 nitrogen and oxygen atoms in total. The summed E-state index contributed by atoms with van der Waals surface area (Å²) in [4.78, 5) is 2.41. The van der Waals surface area contributed by atoms with Crippen LogP contribution in [0.25, 0.3) is 87.2 Å². The van der Waals surface area contributed by atoms with Gasteiger partial charge in [0.05, 0.1) is 5.69 Å². The molecule has 0 unspecified atom stereocenters. The zero-order chi connectivity index (χ0) is 37.7. The lowest BCUT2D eigenvalue weighted by Crippen LogP contribution is -2.10. The summed E-state index contributed by atoms with van der Waals surface area (Å²) in [5.41, 5.74) is 10.6. The highest BCUT2D eigenvalue weighted by atomic mass is 15.1. The third-order valence-corrected chi connectivity index (χ3v) is 11.6. The third kappa shape index (κ3) is 5.63. The Balaban J connectivity index is 0.999. The number of nitrogens with zero attached hydrogens (tertiary/aromatic N) is 1. The average molecular weight is 724 g/mol. The van der Waals surface area contributed by atoms with Crippen LogP contribution in [-0.4, -0.2) is 0 Å². The quantitative estimate of drug-likeness (QED) is 0.154. The first-order valence-corrected chi connectivity index (χ1v) is 19.7. The predicted octanol–water partition coefficient (Wildman–Crippen LogP) is 15.9. The largest absolute Gasteiger partial charge is 0.310 e. The molecule has 0 aromatic heterocycles. The van der Waals surface area contributed by atoms with Gasteiger partial charge in [-0.25, -0.2) is 0 Å². The van der Waals surface area contributed by atoms with Gasteiger partial charge in [0.2, 0.25) is 0 Å². The Morgan fingerprint density at radius 3 is 1.21 bits per heavy atom. The van der Waals surface area contributed by atoms with Gasteiger partial charge in [-0.15, -0.1) is 0 Å². The number of anilines is 3. The molecule has 0 fully saturated rings. The number of benzene rings is 11. The maximum absolute atomic E-state index is 2.41. The molecule has 0 spiro atoms. The average Bonchev–Trinajstić information content (AvgIpc) is 3.30. The Labute approximate surface area is 332 Å². The van der Waals surface area contributed by atoms with E-state index in [0.717, 1.165) is 17.1 Å². The first kappa shape index (κ1) is 32.9. The topological polar surface area (TPSA) is 3.24 Å². The summed E-state index contributed by atoms with van der Waals surface area (Å²) in [6.07, 6.45) is 0. The SMILES string of the molecule is c1ccc(-c2ccc(N(c3ccc(-c4ccc(-c5cccc6c7ccccc7c7ccccc7c56)cc4)cc3)c3cc4ccccc4c4ccccc34)cc2)cc1. The molecule has 0 aliphatic rings. The Morgan fingerprint density at radius 2 is 0.632 bits per heavy atom. The van der Waals surface area contributed by atoms with Crippen LogP contribution in [0.1, 0.15) is 0 Å². The first-order valence-electron chi connectivity index (χ1n) is 19.7. The predicted molar refractivity (Wildman–Crippen MR) is 245 cm³/mol. The molecule has 0 aliphatic heterocycles. The van der Waals surface area contributed by atoms with E-state index in [-0.39, 0.29) is 0 Å². The minimum atomic E-state index is 1.11. The lowest BCUT2D eigenvalue weighted by molar-refractivity contribution is 1.30. The number of fused-ring (bicyclic) bond motifs is 9. The van der Waals surface area contributed by atoms with E-state index in [4.69, 9.17) is 0 Å². The fraction of sp³-hybridized carbons (Fsp3) is 0. The van der Waals surface area contributed by atoms with E-state index in [1.54, 1.807) is 0 Å². The smallest absolute Gasteiger partial charge is 0.0546 e. The van der Waals surface area contributed by atoms with E-state index in [1.165, 1.54) is 87.2 Å². The van der Waals surface area contributed by atoms with Gasteiger partial charge >= 0.3 is 0 Å². The van der Waals surface area contributed by atoms with Crippen LogP contribution in [-0.2, 0) is 0 Å². The van der Waals surface area contributed by atoms with Crippen molar-refractivity contribution in [3.8, 4) is 33.4 Å². The second-order valence-electron chi connectivity index (χ2n) is 14.9. The van der Waals surface area contributed by atoms with Crippen molar-refractivity contribution in [1.82, 2.24) is 0 Å². The van der Waals surface area contributed by atoms with Crippen molar-refractivity contribution in [2.75, 3.05) is 4.90 Å². The molecular formula is C56H37N. The molecule has 1 heteroatoms. The third-order valence-electron chi connectivity index (χ3n) is 11.6. The van der Waals surface area contributed by atoms with Crippen molar-refractivity contribution in [2.45, 2.75) is 0 Å². The molecule has 0 amide bonds. The highest BCUT2D eigenvalue weighted by Gasteiger charge is 2.18. The van der Waals surface area contributed by atoms with Crippen LogP contribution >= 0.6 is 0 Å². The molecule has 0 saturated heterocycles. The minimum Gasteiger partial charge on any atom is -0.310 e. The molecule has 57 heavy (non-hydrogen) atoms. The highest BCUT2D eigenvalue weighted by molar-refractivity contribution is 6.28. The van der Waals surface area contributed by atoms with Gasteiger partial charge in [-0.3, -0.25) is 0 Å². The number of rotatable bonds is 6. The monoisotopic (exact) mass is 723 g/mol. The standard InChI is InChI=1S/C56H37N/c1-2-13-38(14-3-1)40-29-33-44(34-30-40)57(55-37-43-15-4-5-16-46(43)48-17-8-10-21-52(48)55)45-35-31-41(32-36-45)39-25-27-42(28-26-39)47-23-12-24-54-51-19-7-6-18-49(51)50-20-9-11-22-53(50)56(47)54/h1-37H. The molecule has 266 valence electrons. The van der Waals surface area contributed by atoms with Crippen molar-refractivity contribution in [1.29, 1.82) is 0 Å². The van der Waals surface area contributed by atoms with E-state index < -0.39 is 0 Å². The van der Waals surface area contributed by atoms with Crippen LogP contribution in [0.5, 0.6) is 0 Å². The van der Waals surface area contributed by atoms with Crippen molar-refractivity contribution in [3.63, 3.8) is 0 Å². The van der Waals surface area contributed by atoms with E-state index in [2.05, 4.69) is 229 Å². The normalized spacial score (nSPS) is 11.5. The first-order chi connectivity index (χ1) is 28.3. The highest BCUT2D eigenvalue weighted by Crippen LogP contribution is 2.44. The van der Waals surface area contributed by atoms with Gasteiger partial charge in [-0.1, -0.05) is 194 Å². The van der Waals surface area contributed by atoms with Crippen LogP contribution in [0, 0.1) is 0 Å². The molecule has 11 aromatic carbocycles. The maximum Gasteiger partial charge on any atom is 0.0546 e. The van der Waals surface area contributed by atoms with Gasteiger partial charge < -0.3 is 4.90 Å². The molecule has 0 aliphatic carbocycles. The lowest BCUT2D eigenvalue weighted by Gasteiger charge is -2.28. The van der Waals surface area contributed by atoms with Crippen LogP contribution in [0.15, 0.2) is 224 Å². The molecular weight excluding hydrogens is 687 g/mol. The summed E-state index contributed by atoms with van der Waals surface area (Å²) in [6.45, 7) is 0. The Morgan fingerprint density at radius 1 is 0.246 bits per heavy atom. The molecule has 0 heterocycles. The van der Waals surface area contributed by atoms with E-state index in [0.29, 0.717) is 0 Å². The van der Waals surface area contributed by atoms with E-state index in [9.17, 15) is 0 Å². The molecule has 0 saturated carbocycles. The van der Waals surface area contributed by atoms with Crippen LogP contribution in [0.3, 0.4) is 0 Å². The fourth-order valence-electron chi connectivity index (χ4n) is 8.92. The van der Waals surface area contributed by atoms with Gasteiger partial charge in [0, 0.05) is 16.8 Å². The molecule has 11 rings (SSSR count). The molecule has 0 bridgehead atoms. The van der Waals surface area contributed by atoms with Gasteiger partial charge in [0.15, 0.2) is 0 Å². The van der Waals surface area contributed by atoms with E-state index in [1.807, 2.05) is 0 Å². The number of hydrogen-bond donors (Lipinski definition) is 0. The maximum atomic E-state index is 2.41. The minimum absolute atomic E-state index is 1.11. The van der Waals surface area contributed by atoms with Gasteiger partial charge in [0.1, 0.15) is 0 Å². The van der Waals surface area contributed by atoms with Crippen molar-refractivity contribution < 1.29 is 0 Å². The summed E-state index contributed by atoms with van der Waals surface area (Å²) < 4.78 is 0. The van der Waals surface area contributed by atoms with Crippen LogP contribution in [0.2, 0.25) is 0 Å². The molecule has 0 N–H and O–H groups in total. The van der Waals surface area contributed by atoms with Gasteiger partial charge in [-0.2, -0.15) is 0 Å². The summed E-state index contributed by atoms with van der Waals surface area (Å²) in [7, 11) is 0. The Hall–Kier alpha value is -7.48. The Bertz CT molecular complexity index is 3210. The van der Waals surface area contributed by atoms with Crippen molar-refractivity contribution >= 4 is 70.9 Å². The molecule has 11 aromatic rings. The zero-order valence-electron chi connectivity index (χ0n) is 31.3. The lowest BCUT2D eigenvalue weighted by atomic mass is 9.89. The van der Waals surface area contributed by atoms with Gasteiger partial charge in [-0.05, 0) is 112 Å². The zero-order valence-corrected chi connectivity index (χ0v) is 31.3. The van der Waals surface area contributed by atoms with Crippen LogP contribution in [0.4, 0.5) is 17.1 Å². The van der Waals surface area contributed by atoms with Crippen molar-refractivity contribution in [2.24, 2.45) is 0 Å².